The van der Waals surface area contributed by atoms with Crippen LogP contribution >= 0.6 is 0 Å². The van der Waals surface area contributed by atoms with E-state index >= 15 is 0 Å². The van der Waals surface area contributed by atoms with Gasteiger partial charge in [-0.1, -0.05) is 0 Å². The maximum atomic E-state index is 12.5. The molecule has 0 radical (unpaired) electrons. The Kier molecular flexibility index (Phi) is 3.12. The Balaban J connectivity index is 2.34. The van der Waals surface area contributed by atoms with Gasteiger partial charge in [-0.25, -0.2) is 9.18 Å². The van der Waals surface area contributed by atoms with E-state index in [4.69, 9.17) is 4.74 Å². The zero-order chi connectivity index (χ0) is 12.6. The Labute approximate surface area is 95.7 Å². The van der Waals surface area contributed by atoms with Crippen LogP contribution in [-0.2, 0) is 4.74 Å². The van der Waals surface area contributed by atoms with Crippen LogP contribution in [0.25, 0.3) is 0 Å². The first kappa shape index (κ1) is 12.0. The molecule has 0 amide bonds. The number of aromatic amines is 1. The first-order chi connectivity index (χ1) is 8.02. The van der Waals surface area contributed by atoms with E-state index in [1.165, 1.54) is 6.20 Å². The molecule has 1 aliphatic heterocycles. The molecule has 7 heteroatoms. The van der Waals surface area contributed by atoms with Crippen LogP contribution in [0.4, 0.5) is 4.39 Å². The van der Waals surface area contributed by atoms with Gasteiger partial charge in [-0.05, 0) is 6.92 Å². The second kappa shape index (κ2) is 4.42. The number of alkyl halides is 1. The fourth-order valence-electron chi connectivity index (χ4n) is 1.82. The Morgan fingerprint density at radius 2 is 2.35 bits per heavy atom. The molecule has 1 fully saturated rings. The van der Waals surface area contributed by atoms with Gasteiger partial charge in [0.15, 0.2) is 0 Å². The zero-order valence-corrected chi connectivity index (χ0v) is 9.22. The summed E-state index contributed by atoms with van der Waals surface area (Å²) in [6.07, 6.45) is -1.13. The molecule has 2 heterocycles. The monoisotopic (exact) mass is 244 g/mol. The Morgan fingerprint density at radius 1 is 1.65 bits per heavy atom. The Bertz CT molecular complexity index is 524. The van der Waals surface area contributed by atoms with Crippen molar-refractivity contribution >= 4 is 0 Å². The van der Waals surface area contributed by atoms with Crippen molar-refractivity contribution in [2.45, 2.75) is 31.8 Å². The van der Waals surface area contributed by atoms with Gasteiger partial charge in [0.2, 0.25) is 0 Å². The number of hydrogen-bond donors (Lipinski definition) is 2. The van der Waals surface area contributed by atoms with E-state index in [0.717, 1.165) is 4.57 Å². The highest BCUT2D eigenvalue weighted by atomic mass is 19.1. The normalized spacial score (nSPS) is 28.5. The summed E-state index contributed by atoms with van der Waals surface area (Å²) in [5.41, 5.74) is -0.740. The summed E-state index contributed by atoms with van der Waals surface area (Å²) in [4.78, 5) is 24.8. The first-order valence-electron chi connectivity index (χ1n) is 5.24. The molecule has 1 aliphatic rings. The van der Waals surface area contributed by atoms with Crippen LogP contribution in [0, 0.1) is 6.92 Å². The van der Waals surface area contributed by atoms with Gasteiger partial charge in [-0.15, -0.1) is 0 Å². The molecule has 94 valence electrons. The highest BCUT2D eigenvalue weighted by Crippen LogP contribution is 2.27. The molecule has 0 spiro atoms. The molecule has 6 nitrogen and oxygen atoms in total. The van der Waals surface area contributed by atoms with E-state index in [9.17, 15) is 19.1 Å². The van der Waals surface area contributed by atoms with E-state index in [2.05, 4.69) is 4.98 Å². The number of nitrogens with one attached hydrogen (secondary N) is 1. The van der Waals surface area contributed by atoms with Crippen LogP contribution in [0.15, 0.2) is 15.8 Å². The maximum absolute atomic E-state index is 12.5. The lowest BCUT2D eigenvalue weighted by Gasteiger charge is -2.14. The fraction of sp³-hybridized carbons (Fsp3) is 0.600. The molecule has 0 unspecified atom stereocenters. The third-order valence-electron chi connectivity index (χ3n) is 2.81. The molecular weight excluding hydrogens is 231 g/mol. The first-order valence-corrected chi connectivity index (χ1v) is 5.24. The standard InChI is InChI=1S/C10H13FN2O4/c1-5-4-13(10(16)12-9(5)15)8-2-6(14)7(3-11)17-8/h4,6-8,14H,2-3H2,1H3,(H,12,15,16)/t6-,7+,8+/m0/s1. The molecule has 0 aliphatic carbocycles. The van der Waals surface area contributed by atoms with Gasteiger partial charge < -0.3 is 9.84 Å². The summed E-state index contributed by atoms with van der Waals surface area (Å²) in [5, 5.41) is 9.48. The van der Waals surface area contributed by atoms with Crippen LogP contribution in [0.2, 0.25) is 0 Å². The number of rotatable bonds is 2. The molecule has 1 saturated heterocycles. The number of H-pyrrole nitrogens is 1. The van der Waals surface area contributed by atoms with Gasteiger partial charge in [-0.2, -0.15) is 0 Å². The lowest BCUT2D eigenvalue weighted by molar-refractivity contribution is -0.0312. The molecule has 0 aromatic carbocycles. The zero-order valence-electron chi connectivity index (χ0n) is 9.22. The summed E-state index contributed by atoms with van der Waals surface area (Å²) in [5.74, 6) is 0. The second-order valence-electron chi connectivity index (χ2n) is 4.07. The van der Waals surface area contributed by atoms with Crippen molar-refractivity contribution in [3.05, 3.63) is 32.6 Å². The predicted octanol–water partition coefficient (Wildman–Crippen LogP) is -0.537. The molecular formula is C10H13FN2O4. The second-order valence-corrected chi connectivity index (χ2v) is 4.07. The summed E-state index contributed by atoms with van der Waals surface area (Å²) in [6.45, 7) is 0.738. The van der Waals surface area contributed by atoms with Gasteiger partial charge in [0.05, 0.1) is 6.10 Å². The van der Waals surface area contributed by atoms with Gasteiger partial charge in [0.25, 0.3) is 5.56 Å². The average Bonchev–Trinajstić information content (AvgIpc) is 2.65. The van der Waals surface area contributed by atoms with E-state index in [1.807, 2.05) is 0 Å². The van der Waals surface area contributed by atoms with Crippen molar-refractivity contribution < 1.29 is 14.2 Å². The van der Waals surface area contributed by atoms with Crippen LogP contribution in [0.3, 0.4) is 0 Å². The van der Waals surface area contributed by atoms with Gasteiger partial charge >= 0.3 is 5.69 Å². The number of hydrogen-bond acceptors (Lipinski definition) is 4. The summed E-state index contributed by atoms with van der Waals surface area (Å²) in [6, 6.07) is 0. The fourth-order valence-corrected chi connectivity index (χ4v) is 1.82. The number of aliphatic hydroxyl groups is 1. The number of ether oxygens (including phenoxy) is 1. The number of aliphatic hydroxyl groups excluding tert-OH is 1. The van der Waals surface area contributed by atoms with Crippen LogP contribution in [0.1, 0.15) is 18.2 Å². The van der Waals surface area contributed by atoms with Gasteiger partial charge in [0, 0.05) is 18.2 Å². The minimum absolute atomic E-state index is 0.125. The Morgan fingerprint density at radius 3 is 2.94 bits per heavy atom. The number of aryl methyl sites for hydroxylation is 1. The molecule has 0 saturated carbocycles. The van der Waals surface area contributed by atoms with Crippen molar-refractivity contribution in [3.63, 3.8) is 0 Å². The summed E-state index contributed by atoms with van der Waals surface area (Å²) in [7, 11) is 0. The number of nitrogens with zero attached hydrogens (tertiary/aromatic N) is 1. The van der Waals surface area contributed by atoms with Crippen LogP contribution in [0.5, 0.6) is 0 Å². The quantitative estimate of drug-likeness (QED) is 0.732. The summed E-state index contributed by atoms with van der Waals surface area (Å²) >= 11 is 0. The van der Waals surface area contributed by atoms with E-state index < -0.39 is 36.4 Å². The van der Waals surface area contributed by atoms with Crippen molar-refractivity contribution in [1.82, 2.24) is 9.55 Å². The van der Waals surface area contributed by atoms with E-state index in [0.29, 0.717) is 5.56 Å². The van der Waals surface area contributed by atoms with Gasteiger partial charge in [-0.3, -0.25) is 14.3 Å². The number of aromatic nitrogens is 2. The van der Waals surface area contributed by atoms with Crippen molar-refractivity contribution in [2.24, 2.45) is 0 Å². The lowest BCUT2D eigenvalue weighted by Crippen LogP contribution is -2.33. The van der Waals surface area contributed by atoms with Crippen LogP contribution in [-0.4, -0.2) is 33.5 Å². The van der Waals surface area contributed by atoms with E-state index in [1.54, 1.807) is 6.92 Å². The Hall–Kier alpha value is -1.47. The molecule has 3 atom stereocenters. The SMILES string of the molecule is Cc1cn([C@H]2C[C@H](O)[C@@H](CF)O2)c(=O)[nH]c1=O. The molecule has 0 bridgehead atoms. The molecule has 1 aromatic heterocycles. The topological polar surface area (TPSA) is 84.3 Å². The smallest absolute Gasteiger partial charge is 0.330 e. The molecule has 17 heavy (non-hydrogen) atoms. The molecule has 1 aromatic rings. The highest BCUT2D eigenvalue weighted by Gasteiger charge is 2.35. The van der Waals surface area contributed by atoms with Crippen molar-refractivity contribution in [2.75, 3.05) is 6.67 Å². The predicted molar refractivity (Wildman–Crippen MR) is 56.6 cm³/mol. The molecule has 2 N–H and O–H groups in total. The third-order valence-corrected chi connectivity index (χ3v) is 2.81. The number of halogens is 1. The maximum Gasteiger partial charge on any atom is 0.330 e. The highest BCUT2D eigenvalue weighted by molar-refractivity contribution is 5.02. The third kappa shape index (κ3) is 2.16. The van der Waals surface area contributed by atoms with E-state index in [-0.39, 0.29) is 6.42 Å². The average molecular weight is 244 g/mol. The molecule has 2 rings (SSSR count). The summed E-state index contributed by atoms with van der Waals surface area (Å²) < 4.78 is 18.8. The van der Waals surface area contributed by atoms with Crippen LogP contribution < -0.4 is 11.2 Å². The minimum Gasteiger partial charge on any atom is -0.390 e. The van der Waals surface area contributed by atoms with Gasteiger partial charge in [0.1, 0.15) is 19.0 Å². The van der Waals surface area contributed by atoms with Crippen molar-refractivity contribution in [1.29, 1.82) is 0 Å². The van der Waals surface area contributed by atoms with Crippen molar-refractivity contribution in [3.8, 4) is 0 Å². The minimum atomic E-state index is -0.941. The largest absolute Gasteiger partial charge is 0.390 e. The lowest BCUT2D eigenvalue weighted by atomic mass is 10.2.